The summed E-state index contributed by atoms with van der Waals surface area (Å²) in [7, 11) is 0. The number of fused-ring (bicyclic) bond motifs is 1. The molecule has 3 N–H and O–H groups in total. The Labute approximate surface area is 95.2 Å². The van der Waals surface area contributed by atoms with Gasteiger partial charge in [0, 0.05) is 32.4 Å². The lowest BCUT2D eigenvalue weighted by atomic mass is 10.3. The van der Waals surface area contributed by atoms with Crippen molar-refractivity contribution in [2.45, 2.75) is 13.1 Å². The van der Waals surface area contributed by atoms with Crippen LogP contribution in [0.15, 0.2) is 12.3 Å². The van der Waals surface area contributed by atoms with E-state index in [2.05, 4.69) is 32.8 Å². The highest BCUT2D eigenvalue weighted by atomic mass is 15.3. The number of pyridine rings is 1. The molecule has 86 valence electrons. The lowest BCUT2D eigenvalue weighted by Gasteiger charge is -2.29. The van der Waals surface area contributed by atoms with Gasteiger partial charge in [-0.3, -0.25) is 0 Å². The number of aromatic nitrogens is 1. The van der Waals surface area contributed by atoms with Crippen molar-refractivity contribution in [2.75, 3.05) is 41.7 Å². The van der Waals surface area contributed by atoms with Gasteiger partial charge in [0.1, 0.15) is 5.69 Å². The van der Waals surface area contributed by atoms with Crippen LogP contribution < -0.4 is 20.9 Å². The van der Waals surface area contributed by atoms with Crippen LogP contribution in [-0.2, 0) is 0 Å². The zero-order chi connectivity index (χ0) is 11.0. The van der Waals surface area contributed by atoms with Crippen molar-refractivity contribution in [1.82, 2.24) is 10.3 Å². The molecule has 0 amide bonds. The highest BCUT2D eigenvalue weighted by molar-refractivity contribution is 5.84. The molecule has 3 rings (SSSR count). The summed E-state index contributed by atoms with van der Waals surface area (Å²) in [5, 5.41) is 10.2. The third kappa shape index (κ3) is 1.57. The van der Waals surface area contributed by atoms with Crippen molar-refractivity contribution >= 4 is 17.2 Å². The van der Waals surface area contributed by atoms with Crippen LogP contribution in [0, 0.1) is 0 Å². The van der Waals surface area contributed by atoms with E-state index < -0.39 is 0 Å². The van der Waals surface area contributed by atoms with Crippen LogP contribution in [0.4, 0.5) is 17.2 Å². The summed E-state index contributed by atoms with van der Waals surface area (Å²) in [6.07, 6.45) is 2.17. The van der Waals surface area contributed by atoms with Crippen molar-refractivity contribution in [3.05, 3.63) is 12.3 Å². The van der Waals surface area contributed by atoms with Gasteiger partial charge in [-0.15, -0.1) is 0 Å². The fraction of sp³-hybridized carbons (Fsp3) is 0.545. The van der Waals surface area contributed by atoms with E-state index in [9.17, 15) is 0 Å². The SMILES string of the molecule is CC1Nc2ccnc(N3CCNCC3)c2N1. The average Bonchev–Trinajstić information content (AvgIpc) is 2.70. The second kappa shape index (κ2) is 3.83. The Balaban J connectivity index is 1.92. The molecule has 5 heteroatoms. The standard InChI is InChI=1S/C11H17N5/c1-8-14-9-2-3-13-11(10(9)15-8)16-6-4-12-5-7-16/h2-3,8,12,14-15H,4-7H2,1H3. The number of rotatable bonds is 1. The summed E-state index contributed by atoms with van der Waals surface area (Å²) < 4.78 is 0. The van der Waals surface area contributed by atoms with E-state index in [0.29, 0.717) is 6.17 Å². The molecule has 5 nitrogen and oxygen atoms in total. The molecule has 1 atom stereocenters. The van der Waals surface area contributed by atoms with Gasteiger partial charge in [-0.25, -0.2) is 4.98 Å². The van der Waals surface area contributed by atoms with Crippen molar-refractivity contribution in [3.63, 3.8) is 0 Å². The monoisotopic (exact) mass is 219 g/mol. The number of hydrogen-bond acceptors (Lipinski definition) is 5. The third-order valence-corrected chi connectivity index (χ3v) is 3.08. The molecule has 3 heterocycles. The van der Waals surface area contributed by atoms with Crippen LogP contribution >= 0.6 is 0 Å². The van der Waals surface area contributed by atoms with Crippen LogP contribution in [0.25, 0.3) is 0 Å². The molecule has 1 unspecified atom stereocenters. The second-order valence-corrected chi connectivity index (χ2v) is 4.30. The number of piperazine rings is 1. The van der Waals surface area contributed by atoms with E-state index in [1.807, 2.05) is 12.3 Å². The minimum absolute atomic E-state index is 0.292. The minimum Gasteiger partial charge on any atom is -0.364 e. The fourth-order valence-electron chi connectivity index (χ4n) is 2.32. The summed E-state index contributed by atoms with van der Waals surface area (Å²) in [6, 6.07) is 2.03. The van der Waals surface area contributed by atoms with E-state index in [1.165, 1.54) is 0 Å². The van der Waals surface area contributed by atoms with Crippen molar-refractivity contribution < 1.29 is 0 Å². The molecule has 2 aliphatic heterocycles. The number of nitrogens with one attached hydrogen (secondary N) is 3. The van der Waals surface area contributed by atoms with Crippen LogP contribution in [0.3, 0.4) is 0 Å². The fourth-order valence-corrected chi connectivity index (χ4v) is 2.32. The van der Waals surface area contributed by atoms with Gasteiger partial charge in [0.05, 0.1) is 11.9 Å². The van der Waals surface area contributed by atoms with Crippen LogP contribution in [0.5, 0.6) is 0 Å². The highest BCUT2D eigenvalue weighted by Crippen LogP contribution is 2.36. The van der Waals surface area contributed by atoms with Crippen LogP contribution in [-0.4, -0.2) is 37.3 Å². The second-order valence-electron chi connectivity index (χ2n) is 4.30. The minimum atomic E-state index is 0.292. The predicted octanol–water partition coefficient (Wildman–Crippen LogP) is 0.675. The maximum absolute atomic E-state index is 4.50. The van der Waals surface area contributed by atoms with Gasteiger partial charge in [0.2, 0.25) is 0 Å². The molecule has 0 radical (unpaired) electrons. The normalized spacial score (nSPS) is 23.6. The van der Waals surface area contributed by atoms with Gasteiger partial charge in [0.25, 0.3) is 0 Å². The Morgan fingerprint density at radius 3 is 2.94 bits per heavy atom. The average molecular weight is 219 g/mol. The Morgan fingerprint density at radius 1 is 1.31 bits per heavy atom. The molecular formula is C11H17N5. The molecule has 0 aromatic carbocycles. The summed E-state index contributed by atoms with van der Waals surface area (Å²) >= 11 is 0. The van der Waals surface area contributed by atoms with E-state index in [0.717, 1.165) is 43.4 Å². The Hall–Kier alpha value is -1.49. The Morgan fingerprint density at radius 2 is 2.12 bits per heavy atom. The van der Waals surface area contributed by atoms with Crippen molar-refractivity contribution in [2.24, 2.45) is 0 Å². The molecule has 1 fully saturated rings. The quantitative estimate of drug-likeness (QED) is 0.648. The van der Waals surface area contributed by atoms with Gasteiger partial charge < -0.3 is 20.9 Å². The zero-order valence-electron chi connectivity index (χ0n) is 9.45. The first-order chi connectivity index (χ1) is 7.84. The highest BCUT2D eigenvalue weighted by Gasteiger charge is 2.23. The largest absolute Gasteiger partial charge is 0.364 e. The van der Waals surface area contributed by atoms with Crippen LogP contribution in [0.2, 0.25) is 0 Å². The van der Waals surface area contributed by atoms with Crippen molar-refractivity contribution in [3.8, 4) is 0 Å². The zero-order valence-corrected chi connectivity index (χ0v) is 9.45. The van der Waals surface area contributed by atoms with Gasteiger partial charge in [-0.05, 0) is 13.0 Å². The Kier molecular flexibility index (Phi) is 2.32. The topological polar surface area (TPSA) is 52.2 Å². The van der Waals surface area contributed by atoms with E-state index in [4.69, 9.17) is 0 Å². The van der Waals surface area contributed by atoms with E-state index in [-0.39, 0.29) is 0 Å². The van der Waals surface area contributed by atoms with Gasteiger partial charge in [-0.1, -0.05) is 0 Å². The molecule has 0 spiro atoms. The molecular weight excluding hydrogens is 202 g/mol. The summed E-state index contributed by atoms with van der Waals surface area (Å²) in [4.78, 5) is 6.84. The van der Waals surface area contributed by atoms with Crippen LogP contribution in [0.1, 0.15) is 6.92 Å². The predicted molar refractivity (Wildman–Crippen MR) is 66.0 cm³/mol. The number of nitrogens with zero attached hydrogens (tertiary/aromatic N) is 2. The van der Waals surface area contributed by atoms with Gasteiger partial charge in [0.15, 0.2) is 5.82 Å². The lowest BCUT2D eigenvalue weighted by molar-refractivity contribution is 0.585. The first kappa shape index (κ1) is 9.72. The van der Waals surface area contributed by atoms with Gasteiger partial charge >= 0.3 is 0 Å². The first-order valence-corrected chi connectivity index (χ1v) is 5.82. The molecule has 0 bridgehead atoms. The number of hydrogen-bond donors (Lipinski definition) is 3. The lowest BCUT2D eigenvalue weighted by Crippen LogP contribution is -2.44. The molecule has 0 aliphatic carbocycles. The molecule has 1 aromatic heterocycles. The maximum Gasteiger partial charge on any atom is 0.154 e. The van der Waals surface area contributed by atoms with E-state index >= 15 is 0 Å². The molecule has 1 aromatic rings. The summed E-state index contributed by atoms with van der Waals surface area (Å²) in [5.41, 5.74) is 2.31. The summed E-state index contributed by atoms with van der Waals surface area (Å²) in [5.74, 6) is 1.08. The third-order valence-electron chi connectivity index (χ3n) is 3.08. The molecule has 1 saturated heterocycles. The molecule has 2 aliphatic rings. The molecule has 0 saturated carbocycles. The smallest absolute Gasteiger partial charge is 0.154 e. The Bertz CT molecular complexity index is 386. The first-order valence-electron chi connectivity index (χ1n) is 5.82. The van der Waals surface area contributed by atoms with Crippen molar-refractivity contribution in [1.29, 1.82) is 0 Å². The maximum atomic E-state index is 4.50. The summed E-state index contributed by atoms with van der Waals surface area (Å²) in [6.45, 7) is 6.24. The molecule has 16 heavy (non-hydrogen) atoms. The van der Waals surface area contributed by atoms with E-state index in [1.54, 1.807) is 0 Å². The van der Waals surface area contributed by atoms with Gasteiger partial charge in [-0.2, -0.15) is 0 Å². The number of anilines is 3.